The van der Waals surface area contributed by atoms with Crippen molar-refractivity contribution < 1.29 is 4.79 Å². The molecule has 6 heteroatoms. The van der Waals surface area contributed by atoms with Crippen LogP contribution in [0.4, 0.5) is 5.69 Å². The lowest BCUT2D eigenvalue weighted by molar-refractivity contribution is -0.122. The fraction of sp³-hybridized carbons (Fsp3) is 0.385. The molecule has 4 nitrogen and oxygen atoms in total. The summed E-state index contributed by atoms with van der Waals surface area (Å²) in [6.07, 6.45) is 2.07. The van der Waals surface area contributed by atoms with Gasteiger partial charge in [-0.15, -0.1) is 0 Å². The number of amides is 1. The molecule has 1 saturated carbocycles. The molecule has 0 bridgehead atoms. The minimum absolute atomic E-state index is 0.171. The highest BCUT2D eigenvalue weighted by Gasteiger charge is 2.28. The molecule has 1 aromatic carbocycles. The fourth-order valence-corrected chi connectivity index (χ4v) is 2.33. The SMILES string of the molecule is NC(=S)c1ccc(NCCNC(=O)C2CC2)c(Br)c1. The Morgan fingerprint density at radius 2 is 2.16 bits per heavy atom. The first-order valence-corrected chi connectivity index (χ1v) is 7.39. The molecule has 4 N–H and O–H groups in total. The van der Waals surface area contributed by atoms with E-state index >= 15 is 0 Å². The van der Waals surface area contributed by atoms with Gasteiger partial charge in [-0.2, -0.15) is 0 Å². The summed E-state index contributed by atoms with van der Waals surface area (Å²) in [5.74, 6) is 0.432. The normalized spacial score (nSPS) is 13.9. The summed E-state index contributed by atoms with van der Waals surface area (Å²) < 4.78 is 0.909. The van der Waals surface area contributed by atoms with E-state index in [1.165, 1.54) is 0 Å². The highest BCUT2D eigenvalue weighted by atomic mass is 79.9. The van der Waals surface area contributed by atoms with Crippen LogP contribution in [0.25, 0.3) is 0 Å². The van der Waals surface area contributed by atoms with Crippen LogP contribution in [0.5, 0.6) is 0 Å². The summed E-state index contributed by atoms with van der Waals surface area (Å²) in [5.41, 5.74) is 7.35. The lowest BCUT2D eigenvalue weighted by Gasteiger charge is -2.10. The minimum Gasteiger partial charge on any atom is -0.389 e. The van der Waals surface area contributed by atoms with E-state index < -0.39 is 0 Å². The van der Waals surface area contributed by atoms with Crippen molar-refractivity contribution in [3.8, 4) is 0 Å². The van der Waals surface area contributed by atoms with E-state index in [1.54, 1.807) is 0 Å². The summed E-state index contributed by atoms with van der Waals surface area (Å²) in [4.78, 5) is 11.8. The van der Waals surface area contributed by atoms with E-state index in [4.69, 9.17) is 18.0 Å². The van der Waals surface area contributed by atoms with Crippen molar-refractivity contribution in [3.05, 3.63) is 28.2 Å². The van der Waals surface area contributed by atoms with Crippen LogP contribution < -0.4 is 16.4 Å². The smallest absolute Gasteiger partial charge is 0.223 e. The van der Waals surface area contributed by atoms with E-state index in [-0.39, 0.29) is 11.8 Å². The number of nitrogens with one attached hydrogen (secondary N) is 2. The highest BCUT2D eigenvalue weighted by molar-refractivity contribution is 9.10. The zero-order valence-electron chi connectivity index (χ0n) is 10.4. The Kier molecular flexibility index (Phi) is 4.76. The first-order chi connectivity index (χ1) is 9.08. The summed E-state index contributed by atoms with van der Waals surface area (Å²) in [6, 6.07) is 5.67. The van der Waals surface area contributed by atoms with Gasteiger partial charge in [-0.25, -0.2) is 0 Å². The van der Waals surface area contributed by atoms with E-state index in [0.717, 1.165) is 28.6 Å². The van der Waals surface area contributed by atoms with Crippen LogP contribution in [-0.2, 0) is 4.79 Å². The molecule has 1 aromatic rings. The second-order valence-corrected chi connectivity index (χ2v) is 5.85. The van der Waals surface area contributed by atoms with Crippen molar-refractivity contribution in [3.63, 3.8) is 0 Å². The summed E-state index contributed by atoms with van der Waals surface area (Å²) in [7, 11) is 0. The zero-order valence-corrected chi connectivity index (χ0v) is 12.8. The standard InChI is InChI=1S/C13H16BrN3OS/c14-10-7-9(12(15)19)3-4-11(10)16-5-6-17-13(18)8-1-2-8/h3-4,7-8,16H,1-2,5-6H2,(H2,15,19)(H,17,18). The van der Waals surface area contributed by atoms with E-state index in [0.29, 0.717) is 18.1 Å². The molecule has 0 heterocycles. The number of carbonyl (C=O) groups excluding carboxylic acids is 1. The number of hydrogen-bond acceptors (Lipinski definition) is 3. The van der Waals surface area contributed by atoms with Gasteiger partial charge in [0.1, 0.15) is 4.99 Å². The average molecular weight is 342 g/mol. The van der Waals surface area contributed by atoms with Crippen molar-refractivity contribution in [2.75, 3.05) is 18.4 Å². The molecule has 1 fully saturated rings. The Hall–Kier alpha value is -1.14. The molecule has 0 unspecified atom stereocenters. The number of nitrogens with two attached hydrogens (primary N) is 1. The first kappa shape index (κ1) is 14.3. The van der Waals surface area contributed by atoms with Crippen LogP contribution in [-0.4, -0.2) is 24.0 Å². The Labute approximate surface area is 126 Å². The topological polar surface area (TPSA) is 67.2 Å². The van der Waals surface area contributed by atoms with Crippen molar-refractivity contribution in [1.82, 2.24) is 5.32 Å². The summed E-state index contributed by atoms with van der Waals surface area (Å²) >= 11 is 8.38. The second-order valence-electron chi connectivity index (χ2n) is 4.55. The fourth-order valence-electron chi connectivity index (χ4n) is 1.68. The van der Waals surface area contributed by atoms with Crippen LogP contribution in [0.3, 0.4) is 0 Å². The molecule has 0 saturated heterocycles. The van der Waals surface area contributed by atoms with Crippen molar-refractivity contribution in [1.29, 1.82) is 0 Å². The van der Waals surface area contributed by atoms with E-state index in [1.807, 2.05) is 18.2 Å². The number of rotatable bonds is 6. The van der Waals surface area contributed by atoms with Gasteiger partial charge in [0.05, 0.1) is 0 Å². The lowest BCUT2D eigenvalue weighted by atomic mass is 10.2. The molecule has 19 heavy (non-hydrogen) atoms. The van der Waals surface area contributed by atoms with Gasteiger partial charge in [-0.3, -0.25) is 4.79 Å². The van der Waals surface area contributed by atoms with Gasteiger partial charge >= 0.3 is 0 Å². The lowest BCUT2D eigenvalue weighted by Crippen LogP contribution is -2.29. The molecule has 0 spiro atoms. The molecule has 0 radical (unpaired) electrons. The third-order valence-electron chi connectivity index (χ3n) is 2.94. The van der Waals surface area contributed by atoms with Gasteiger partial charge in [0.2, 0.25) is 5.91 Å². The van der Waals surface area contributed by atoms with Crippen LogP contribution >= 0.6 is 28.1 Å². The molecule has 102 valence electrons. The summed E-state index contributed by atoms with van der Waals surface area (Å²) in [5, 5.41) is 6.15. The van der Waals surface area contributed by atoms with Gasteiger partial charge < -0.3 is 16.4 Å². The first-order valence-electron chi connectivity index (χ1n) is 6.19. The largest absolute Gasteiger partial charge is 0.389 e. The maximum absolute atomic E-state index is 11.4. The van der Waals surface area contributed by atoms with Crippen LogP contribution in [0.1, 0.15) is 18.4 Å². The van der Waals surface area contributed by atoms with Crippen molar-refractivity contribution >= 4 is 44.7 Å². The minimum atomic E-state index is 0.171. The van der Waals surface area contributed by atoms with Crippen molar-refractivity contribution in [2.45, 2.75) is 12.8 Å². The van der Waals surface area contributed by atoms with Crippen LogP contribution in [0.15, 0.2) is 22.7 Å². The molecule has 0 atom stereocenters. The number of benzene rings is 1. The van der Waals surface area contributed by atoms with Gasteiger partial charge in [0.15, 0.2) is 0 Å². The van der Waals surface area contributed by atoms with Gasteiger partial charge in [-0.1, -0.05) is 12.2 Å². The van der Waals surface area contributed by atoms with E-state index in [2.05, 4.69) is 26.6 Å². The number of hydrogen-bond donors (Lipinski definition) is 3. The molecular formula is C13H16BrN3OS. The Balaban J connectivity index is 1.79. The van der Waals surface area contributed by atoms with E-state index in [9.17, 15) is 4.79 Å². The zero-order chi connectivity index (χ0) is 13.8. The number of carbonyl (C=O) groups is 1. The number of anilines is 1. The Morgan fingerprint density at radius 1 is 1.42 bits per heavy atom. The van der Waals surface area contributed by atoms with Gasteiger partial charge in [-0.05, 0) is 47.0 Å². The third kappa shape index (κ3) is 4.18. The van der Waals surface area contributed by atoms with Gasteiger partial charge in [0.25, 0.3) is 0 Å². The third-order valence-corrected chi connectivity index (χ3v) is 3.83. The summed E-state index contributed by atoms with van der Waals surface area (Å²) in [6.45, 7) is 1.31. The van der Waals surface area contributed by atoms with Crippen LogP contribution in [0, 0.1) is 5.92 Å². The molecular weight excluding hydrogens is 326 g/mol. The predicted molar refractivity (Wildman–Crippen MR) is 84.3 cm³/mol. The maximum Gasteiger partial charge on any atom is 0.223 e. The van der Waals surface area contributed by atoms with Crippen molar-refractivity contribution in [2.24, 2.45) is 11.7 Å². The Bertz CT molecular complexity index is 503. The molecule has 0 aromatic heterocycles. The number of halogens is 1. The second kappa shape index (κ2) is 6.34. The molecule has 1 aliphatic carbocycles. The monoisotopic (exact) mass is 341 g/mol. The molecule has 2 rings (SSSR count). The molecule has 0 aliphatic heterocycles. The molecule has 1 aliphatic rings. The Morgan fingerprint density at radius 3 is 2.74 bits per heavy atom. The quantitative estimate of drug-likeness (QED) is 0.547. The average Bonchev–Trinajstić information content (AvgIpc) is 3.19. The number of thiocarbonyl (C=S) groups is 1. The highest BCUT2D eigenvalue weighted by Crippen LogP contribution is 2.28. The van der Waals surface area contributed by atoms with Gasteiger partial charge in [0, 0.05) is 34.7 Å². The van der Waals surface area contributed by atoms with Crippen LogP contribution in [0.2, 0.25) is 0 Å². The molecule has 1 amide bonds. The predicted octanol–water partition coefficient (Wildman–Crippen LogP) is 2.02. The maximum atomic E-state index is 11.4.